The molecule has 6 nitrogen and oxygen atoms in total. The van der Waals surface area contributed by atoms with Gasteiger partial charge in [-0.15, -0.1) is 11.3 Å². The summed E-state index contributed by atoms with van der Waals surface area (Å²) >= 11 is 1.25. The molecule has 9 heteroatoms. The highest BCUT2D eigenvalue weighted by Gasteiger charge is 2.22. The molecule has 0 atom stereocenters. The van der Waals surface area contributed by atoms with Gasteiger partial charge in [0, 0.05) is 16.5 Å². The van der Waals surface area contributed by atoms with Crippen molar-refractivity contribution in [3.8, 4) is 22.6 Å². The van der Waals surface area contributed by atoms with Crippen molar-refractivity contribution in [2.24, 2.45) is 5.73 Å². The quantitative estimate of drug-likeness (QED) is 0.461. The number of alkyl halides is 2. The predicted octanol–water partition coefficient (Wildman–Crippen LogP) is 5.08. The first-order valence-electron chi connectivity index (χ1n) is 9.40. The van der Waals surface area contributed by atoms with Crippen LogP contribution < -0.4 is 20.5 Å². The average molecular weight is 458 g/mol. The molecule has 32 heavy (non-hydrogen) atoms. The molecule has 1 aromatic heterocycles. The van der Waals surface area contributed by atoms with E-state index >= 15 is 0 Å². The van der Waals surface area contributed by atoms with Crippen LogP contribution in [0.1, 0.15) is 20.8 Å². The second-order valence-electron chi connectivity index (χ2n) is 6.58. The number of benzene rings is 2. The van der Waals surface area contributed by atoms with Gasteiger partial charge < -0.3 is 20.5 Å². The lowest BCUT2D eigenvalue weighted by Gasteiger charge is -2.10. The van der Waals surface area contributed by atoms with Crippen molar-refractivity contribution in [2.45, 2.75) is 13.5 Å². The summed E-state index contributed by atoms with van der Waals surface area (Å²) in [5.74, 6) is -1.14. The fraction of sp³-hybridized carbons (Fsp3) is 0.130. The number of anilines is 1. The lowest BCUT2D eigenvalue weighted by molar-refractivity contribution is -0.111. The molecule has 0 spiro atoms. The zero-order valence-corrected chi connectivity index (χ0v) is 18.0. The molecule has 0 aliphatic heterocycles. The number of nitrogens with one attached hydrogen (secondary N) is 1. The van der Waals surface area contributed by atoms with Crippen LogP contribution in [0.15, 0.2) is 54.6 Å². The number of amides is 2. The Bertz CT molecular complexity index is 1160. The molecule has 1 heterocycles. The Hall–Kier alpha value is -3.72. The largest absolute Gasteiger partial charge is 0.493 e. The first kappa shape index (κ1) is 23.0. The summed E-state index contributed by atoms with van der Waals surface area (Å²) in [5, 5.41) is 3.04. The van der Waals surface area contributed by atoms with Crippen LogP contribution in [0.2, 0.25) is 0 Å². The van der Waals surface area contributed by atoms with E-state index in [0.717, 1.165) is 10.4 Å². The van der Waals surface area contributed by atoms with Gasteiger partial charge in [-0.2, -0.15) is 8.78 Å². The van der Waals surface area contributed by atoms with Crippen molar-refractivity contribution in [3.63, 3.8) is 0 Å². The topological polar surface area (TPSA) is 90.6 Å². The first-order valence-corrected chi connectivity index (χ1v) is 10.2. The molecule has 3 aromatic rings. The van der Waals surface area contributed by atoms with Crippen LogP contribution in [0.5, 0.6) is 11.5 Å². The summed E-state index contributed by atoms with van der Waals surface area (Å²) in [5.41, 5.74) is 7.89. The van der Waals surface area contributed by atoms with Gasteiger partial charge in [0.15, 0.2) is 11.5 Å². The highest BCUT2D eigenvalue weighted by Crippen LogP contribution is 2.39. The van der Waals surface area contributed by atoms with E-state index in [1.54, 1.807) is 0 Å². The number of nitrogens with two attached hydrogens (primary N) is 1. The van der Waals surface area contributed by atoms with Crippen molar-refractivity contribution < 1.29 is 27.8 Å². The number of halogens is 2. The van der Waals surface area contributed by atoms with Gasteiger partial charge in [0.05, 0.1) is 12.7 Å². The van der Waals surface area contributed by atoms with E-state index in [9.17, 15) is 18.4 Å². The molecular formula is C23H20F2N2O4S. The summed E-state index contributed by atoms with van der Waals surface area (Å²) < 4.78 is 34.3. The second-order valence-corrected chi connectivity index (χ2v) is 7.80. The zero-order chi connectivity index (χ0) is 23.3. The number of hydrogen-bond acceptors (Lipinski definition) is 5. The Labute approximate surface area is 187 Å². The molecule has 0 aliphatic rings. The standard InChI is InChI=1S/C23H20F2N2O4S/c1-13-19(15-6-4-3-5-7-15)20(21(26)29)22(32-13)27-18(28)11-9-14-8-10-16(31-23(24)25)17(12-14)30-2/h3-12,23H,1-2H3,(H2,26,29)(H,27,28)/b11-9+. The summed E-state index contributed by atoms with van der Waals surface area (Å²) in [6, 6.07) is 13.6. The minimum Gasteiger partial charge on any atom is -0.493 e. The van der Waals surface area contributed by atoms with Gasteiger partial charge in [0.25, 0.3) is 5.91 Å². The van der Waals surface area contributed by atoms with Crippen LogP contribution in [0.3, 0.4) is 0 Å². The third-order valence-electron chi connectivity index (χ3n) is 4.46. The summed E-state index contributed by atoms with van der Waals surface area (Å²) in [6.45, 7) is -1.13. The van der Waals surface area contributed by atoms with Crippen molar-refractivity contribution in [2.75, 3.05) is 12.4 Å². The number of carbonyl (C=O) groups excluding carboxylic acids is 2. The lowest BCUT2D eigenvalue weighted by Crippen LogP contribution is -2.16. The normalized spacial score (nSPS) is 11.0. The first-order chi connectivity index (χ1) is 15.3. The van der Waals surface area contributed by atoms with Crippen LogP contribution in [0.25, 0.3) is 17.2 Å². The van der Waals surface area contributed by atoms with Gasteiger partial charge in [-0.05, 0) is 36.3 Å². The zero-order valence-electron chi connectivity index (χ0n) is 17.2. The maximum Gasteiger partial charge on any atom is 0.387 e. The van der Waals surface area contributed by atoms with Gasteiger partial charge in [-0.25, -0.2) is 0 Å². The monoisotopic (exact) mass is 458 g/mol. The summed E-state index contributed by atoms with van der Waals surface area (Å²) in [4.78, 5) is 25.5. The van der Waals surface area contributed by atoms with E-state index in [-0.39, 0.29) is 17.1 Å². The van der Waals surface area contributed by atoms with Gasteiger partial charge in [0.1, 0.15) is 5.00 Å². The number of aryl methyl sites for hydroxylation is 1. The lowest BCUT2D eigenvalue weighted by atomic mass is 10.0. The molecule has 0 saturated heterocycles. The van der Waals surface area contributed by atoms with Crippen LogP contribution in [0, 0.1) is 6.92 Å². The molecular weight excluding hydrogens is 438 g/mol. The molecule has 166 valence electrons. The Balaban J connectivity index is 1.82. The molecule has 2 aromatic carbocycles. The van der Waals surface area contributed by atoms with Crippen molar-refractivity contribution in [1.29, 1.82) is 0 Å². The summed E-state index contributed by atoms with van der Waals surface area (Å²) in [6.07, 6.45) is 2.73. The fourth-order valence-corrected chi connectivity index (χ4v) is 4.21. The molecule has 3 rings (SSSR count). The van der Waals surface area contributed by atoms with E-state index in [1.807, 2.05) is 37.3 Å². The average Bonchev–Trinajstić information content (AvgIpc) is 3.08. The minimum atomic E-state index is -2.98. The molecule has 0 saturated carbocycles. The number of rotatable bonds is 8. The number of methoxy groups -OCH3 is 1. The number of hydrogen-bond donors (Lipinski definition) is 2. The van der Waals surface area contributed by atoms with Gasteiger partial charge >= 0.3 is 6.61 Å². The van der Waals surface area contributed by atoms with Crippen LogP contribution in [-0.2, 0) is 4.79 Å². The van der Waals surface area contributed by atoms with Gasteiger partial charge in [-0.1, -0.05) is 36.4 Å². The van der Waals surface area contributed by atoms with E-state index in [4.69, 9.17) is 10.5 Å². The maximum absolute atomic E-state index is 12.5. The van der Waals surface area contributed by atoms with Crippen LogP contribution >= 0.6 is 11.3 Å². The van der Waals surface area contributed by atoms with E-state index in [2.05, 4.69) is 10.1 Å². The predicted molar refractivity (Wildman–Crippen MR) is 120 cm³/mol. The van der Waals surface area contributed by atoms with Crippen molar-refractivity contribution in [3.05, 3.63) is 70.6 Å². The Kier molecular flexibility index (Phi) is 7.21. The smallest absolute Gasteiger partial charge is 0.387 e. The molecule has 0 unspecified atom stereocenters. The van der Waals surface area contributed by atoms with E-state index < -0.39 is 18.4 Å². The summed E-state index contributed by atoms with van der Waals surface area (Å²) in [7, 11) is 1.32. The highest BCUT2D eigenvalue weighted by molar-refractivity contribution is 7.17. The minimum absolute atomic E-state index is 0.102. The SMILES string of the molecule is COc1cc(/C=C/C(=O)Nc2sc(C)c(-c3ccccc3)c2C(N)=O)ccc1OC(F)F. The van der Waals surface area contributed by atoms with Gasteiger partial charge in [0.2, 0.25) is 5.91 Å². The third kappa shape index (κ3) is 5.30. The van der Waals surface area contributed by atoms with E-state index in [0.29, 0.717) is 16.1 Å². The maximum atomic E-state index is 12.5. The molecule has 0 fully saturated rings. The van der Waals surface area contributed by atoms with Crippen LogP contribution in [0.4, 0.5) is 13.8 Å². The van der Waals surface area contributed by atoms with Crippen molar-refractivity contribution >= 4 is 34.2 Å². The number of thiophene rings is 1. The fourth-order valence-electron chi connectivity index (χ4n) is 3.13. The molecule has 3 N–H and O–H groups in total. The Morgan fingerprint density at radius 2 is 1.84 bits per heavy atom. The Morgan fingerprint density at radius 1 is 1.12 bits per heavy atom. The van der Waals surface area contributed by atoms with E-state index in [1.165, 1.54) is 48.8 Å². The number of carbonyl (C=O) groups is 2. The Morgan fingerprint density at radius 3 is 2.47 bits per heavy atom. The van der Waals surface area contributed by atoms with Crippen molar-refractivity contribution in [1.82, 2.24) is 0 Å². The molecule has 0 bridgehead atoms. The number of primary amides is 1. The third-order valence-corrected chi connectivity index (χ3v) is 5.48. The molecule has 2 amide bonds. The van der Waals surface area contributed by atoms with Gasteiger partial charge in [-0.3, -0.25) is 9.59 Å². The molecule has 0 aliphatic carbocycles. The highest BCUT2D eigenvalue weighted by atomic mass is 32.1. The number of ether oxygens (including phenoxy) is 2. The second kappa shape index (κ2) is 10.1. The molecule has 0 radical (unpaired) electrons. The van der Waals surface area contributed by atoms with Crippen LogP contribution in [-0.4, -0.2) is 25.5 Å².